The van der Waals surface area contributed by atoms with Gasteiger partial charge in [-0.3, -0.25) is 0 Å². The average Bonchev–Trinajstić information content (AvgIpc) is 3.08. The molecular weight excluding hydrogens is 324 g/mol. The normalized spacial score (nSPS) is 28.9. The highest BCUT2D eigenvalue weighted by Gasteiger charge is 2.49. The molecule has 1 aromatic carbocycles. The molecule has 0 bridgehead atoms. The number of nitrogens with one attached hydrogen (secondary N) is 1. The highest BCUT2D eigenvalue weighted by molar-refractivity contribution is 5.85. The van der Waals surface area contributed by atoms with Gasteiger partial charge in [0.25, 0.3) is 5.09 Å². The van der Waals surface area contributed by atoms with Gasteiger partial charge in [-0.1, -0.05) is 30.3 Å². The van der Waals surface area contributed by atoms with Crippen molar-refractivity contribution in [1.29, 1.82) is 0 Å². The molecule has 2 aliphatic rings. The molecule has 2 fully saturated rings. The van der Waals surface area contributed by atoms with Crippen molar-refractivity contribution >= 4 is 12.4 Å². The molecule has 0 radical (unpaired) electrons. The van der Waals surface area contributed by atoms with Crippen molar-refractivity contribution in [1.82, 2.24) is 5.32 Å². The van der Waals surface area contributed by atoms with Crippen molar-refractivity contribution in [3.8, 4) is 0 Å². The summed E-state index contributed by atoms with van der Waals surface area (Å²) in [7, 11) is 0. The molecule has 8 heteroatoms. The van der Waals surface area contributed by atoms with Crippen LogP contribution in [0.2, 0.25) is 0 Å². The zero-order chi connectivity index (χ0) is 15.4. The van der Waals surface area contributed by atoms with Crippen molar-refractivity contribution in [2.45, 2.75) is 37.2 Å². The van der Waals surface area contributed by atoms with Gasteiger partial charge < -0.3 is 19.6 Å². The standard InChI is InChI=1S/C15H20N2O5.ClH/c18-17(19)22-13-10-21-14-12(9-20-15(13)14)16-8-4-7-11-5-2-1-3-6-11;/h1-3,5-6,12-16H,4,7-10H2;1H/t12-,13-,14+,15+;/m0./s1. The van der Waals surface area contributed by atoms with Gasteiger partial charge in [-0.2, -0.15) is 0 Å². The van der Waals surface area contributed by atoms with Crippen molar-refractivity contribution < 1.29 is 19.4 Å². The Morgan fingerprint density at radius 2 is 1.96 bits per heavy atom. The number of benzene rings is 1. The quantitative estimate of drug-likeness (QED) is 0.457. The molecule has 1 N–H and O–H groups in total. The van der Waals surface area contributed by atoms with Gasteiger partial charge >= 0.3 is 0 Å². The number of nitrogens with zero attached hydrogens (tertiary/aromatic N) is 1. The molecule has 4 atom stereocenters. The van der Waals surface area contributed by atoms with E-state index >= 15 is 0 Å². The minimum atomic E-state index is -0.777. The van der Waals surface area contributed by atoms with Crippen molar-refractivity contribution in [2.24, 2.45) is 0 Å². The first-order valence-electron chi connectivity index (χ1n) is 7.56. The third-order valence-corrected chi connectivity index (χ3v) is 4.12. The van der Waals surface area contributed by atoms with Crippen molar-refractivity contribution in [2.75, 3.05) is 19.8 Å². The topological polar surface area (TPSA) is 82.9 Å². The van der Waals surface area contributed by atoms with Gasteiger partial charge in [-0.05, 0) is 24.9 Å². The molecule has 0 spiro atoms. The van der Waals surface area contributed by atoms with E-state index in [9.17, 15) is 10.1 Å². The third kappa shape index (κ3) is 4.54. The Bertz CT molecular complexity index is 504. The lowest BCUT2D eigenvalue weighted by Crippen LogP contribution is -2.42. The lowest BCUT2D eigenvalue weighted by Gasteiger charge is -2.17. The summed E-state index contributed by atoms with van der Waals surface area (Å²) in [5.74, 6) is 0. The van der Waals surface area contributed by atoms with Crippen LogP contribution in [-0.2, 0) is 20.7 Å². The molecule has 1 aromatic rings. The number of halogens is 1. The van der Waals surface area contributed by atoms with Gasteiger partial charge in [0.2, 0.25) is 0 Å². The Kier molecular flexibility index (Phi) is 6.59. The minimum absolute atomic E-state index is 0. The number of hydrogen-bond donors (Lipinski definition) is 1. The maximum absolute atomic E-state index is 10.4. The first-order chi connectivity index (χ1) is 10.7. The van der Waals surface area contributed by atoms with Crippen LogP contribution in [0.5, 0.6) is 0 Å². The predicted molar refractivity (Wildman–Crippen MR) is 85.1 cm³/mol. The van der Waals surface area contributed by atoms with Crippen LogP contribution in [0.15, 0.2) is 30.3 Å². The van der Waals surface area contributed by atoms with Gasteiger partial charge in [0, 0.05) is 0 Å². The number of aryl methyl sites for hydroxylation is 1. The number of ether oxygens (including phenoxy) is 2. The minimum Gasteiger partial charge on any atom is -0.371 e. The SMILES string of the molecule is Cl.O=[N+]([O-])O[C@H]1CO[C@H]2[C@@H]1OC[C@@H]2NCCCc1ccccc1. The van der Waals surface area contributed by atoms with Gasteiger partial charge in [-0.25, -0.2) is 0 Å². The van der Waals surface area contributed by atoms with E-state index in [1.54, 1.807) is 0 Å². The molecule has 2 aliphatic heterocycles. The molecule has 0 aliphatic carbocycles. The lowest BCUT2D eigenvalue weighted by atomic mass is 10.1. The third-order valence-electron chi connectivity index (χ3n) is 4.12. The van der Waals surface area contributed by atoms with E-state index in [0.717, 1.165) is 19.4 Å². The number of rotatable bonds is 7. The molecule has 0 saturated carbocycles. The summed E-state index contributed by atoms with van der Waals surface area (Å²) in [6.07, 6.45) is 0.908. The zero-order valence-corrected chi connectivity index (χ0v) is 13.4. The zero-order valence-electron chi connectivity index (χ0n) is 12.6. The van der Waals surface area contributed by atoms with Crippen LogP contribution in [0.4, 0.5) is 0 Å². The fourth-order valence-electron chi connectivity index (χ4n) is 3.06. The summed E-state index contributed by atoms with van der Waals surface area (Å²) in [6, 6.07) is 10.4. The molecule has 0 aromatic heterocycles. The molecule has 3 rings (SSSR count). The van der Waals surface area contributed by atoms with E-state index < -0.39 is 11.2 Å². The van der Waals surface area contributed by atoms with Crippen LogP contribution in [-0.4, -0.2) is 49.2 Å². The Morgan fingerprint density at radius 1 is 1.22 bits per heavy atom. The van der Waals surface area contributed by atoms with Crippen LogP contribution < -0.4 is 5.32 Å². The van der Waals surface area contributed by atoms with Gasteiger partial charge in [0.15, 0.2) is 6.10 Å². The maximum atomic E-state index is 10.4. The second kappa shape index (κ2) is 8.44. The van der Waals surface area contributed by atoms with E-state index in [0.29, 0.717) is 6.61 Å². The Hall–Kier alpha value is -1.41. The molecule has 2 saturated heterocycles. The van der Waals surface area contributed by atoms with E-state index in [1.807, 2.05) is 18.2 Å². The molecule has 23 heavy (non-hydrogen) atoms. The molecular formula is C15H21ClN2O5. The summed E-state index contributed by atoms with van der Waals surface area (Å²) in [6.45, 7) is 1.56. The van der Waals surface area contributed by atoms with Crippen LogP contribution in [0.3, 0.4) is 0 Å². The van der Waals surface area contributed by atoms with Gasteiger partial charge in [-0.15, -0.1) is 22.5 Å². The fourth-order valence-corrected chi connectivity index (χ4v) is 3.06. The molecule has 128 valence electrons. The van der Waals surface area contributed by atoms with Crippen LogP contribution >= 0.6 is 12.4 Å². The number of fused-ring (bicyclic) bond motifs is 1. The fraction of sp³-hybridized carbons (Fsp3) is 0.600. The lowest BCUT2D eigenvalue weighted by molar-refractivity contribution is -0.769. The molecule has 0 unspecified atom stereocenters. The van der Waals surface area contributed by atoms with E-state index in [-0.39, 0.29) is 37.3 Å². The second-order valence-corrected chi connectivity index (χ2v) is 5.61. The maximum Gasteiger partial charge on any atom is 0.294 e. The Morgan fingerprint density at radius 3 is 2.70 bits per heavy atom. The average molecular weight is 345 g/mol. The summed E-state index contributed by atoms with van der Waals surface area (Å²) in [5.41, 5.74) is 1.32. The summed E-state index contributed by atoms with van der Waals surface area (Å²) < 4.78 is 11.2. The summed E-state index contributed by atoms with van der Waals surface area (Å²) >= 11 is 0. The first-order valence-corrected chi connectivity index (χ1v) is 7.56. The second-order valence-electron chi connectivity index (χ2n) is 5.61. The Labute approximate surface area is 140 Å². The molecule has 7 nitrogen and oxygen atoms in total. The van der Waals surface area contributed by atoms with E-state index in [1.165, 1.54) is 5.56 Å². The largest absolute Gasteiger partial charge is 0.371 e. The van der Waals surface area contributed by atoms with Crippen molar-refractivity contribution in [3.05, 3.63) is 46.0 Å². The smallest absolute Gasteiger partial charge is 0.294 e. The van der Waals surface area contributed by atoms with Gasteiger partial charge in [0.1, 0.15) is 12.2 Å². The molecule has 2 heterocycles. The Balaban J connectivity index is 0.00000192. The summed E-state index contributed by atoms with van der Waals surface area (Å²) in [5, 5.41) is 13.1. The van der Waals surface area contributed by atoms with E-state index in [4.69, 9.17) is 9.47 Å². The monoisotopic (exact) mass is 344 g/mol. The van der Waals surface area contributed by atoms with Gasteiger partial charge in [0.05, 0.1) is 19.3 Å². The predicted octanol–water partition coefficient (Wildman–Crippen LogP) is 1.37. The molecule has 0 amide bonds. The van der Waals surface area contributed by atoms with Crippen LogP contribution in [0, 0.1) is 10.1 Å². The first kappa shape index (κ1) is 17.9. The highest BCUT2D eigenvalue weighted by Crippen LogP contribution is 2.28. The van der Waals surface area contributed by atoms with Crippen LogP contribution in [0.25, 0.3) is 0 Å². The highest BCUT2D eigenvalue weighted by atomic mass is 35.5. The summed E-state index contributed by atoms with van der Waals surface area (Å²) in [4.78, 5) is 15.0. The van der Waals surface area contributed by atoms with Crippen molar-refractivity contribution in [3.63, 3.8) is 0 Å². The van der Waals surface area contributed by atoms with Crippen LogP contribution in [0.1, 0.15) is 12.0 Å². The number of hydrogen-bond acceptors (Lipinski definition) is 6. The van der Waals surface area contributed by atoms with E-state index in [2.05, 4.69) is 22.3 Å².